The highest BCUT2D eigenvalue weighted by molar-refractivity contribution is 9.10. The maximum absolute atomic E-state index is 10.7. The molecule has 0 aromatic carbocycles. The van der Waals surface area contributed by atoms with E-state index in [1.807, 2.05) is 13.0 Å². The van der Waals surface area contributed by atoms with Gasteiger partial charge in [-0.05, 0) is 41.0 Å². The molecule has 2 rings (SSSR count). The maximum Gasteiger partial charge on any atom is 0.433 e. The second-order valence-electron chi connectivity index (χ2n) is 4.09. The van der Waals surface area contributed by atoms with E-state index in [4.69, 9.17) is 16.0 Å². The minimum absolute atomic E-state index is 0.238. The van der Waals surface area contributed by atoms with Crippen molar-refractivity contribution in [1.82, 2.24) is 5.32 Å². The fraction of sp³-hybridized carbons (Fsp3) is 0.333. The van der Waals surface area contributed by atoms with Gasteiger partial charge in [-0.15, -0.1) is 11.3 Å². The molecule has 0 bridgehead atoms. The molecule has 5 nitrogen and oxygen atoms in total. The first-order chi connectivity index (χ1) is 9.52. The van der Waals surface area contributed by atoms with Crippen molar-refractivity contribution in [2.75, 3.05) is 6.54 Å². The lowest BCUT2D eigenvalue weighted by molar-refractivity contribution is -0.402. The predicted octanol–water partition coefficient (Wildman–Crippen LogP) is 4.75. The Kier molecular flexibility index (Phi) is 5.20. The van der Waals surface area contributed by atoms with Crippen LogP contribution in [-0.4, -0.2) is 11.5 Å². The van der Waals surface area contributed by atoms with Crippen molar-refractivity contribution in [3.05, 3.63) is 47.8 Å². The summed E-state index contributed by atoms with van der Waals surface area (Å²) >= 11 is 10.8. The highest BCUT2D eigenvalue weighted by atomic mass is 79.9. The van der Waals surface area contributed by atoms with Crippen LogP contribution in [0.3, 0.4) is 0 Å². The first-order valence-electron chi connectivity index (χ1n) is 5.95. The molecular weight excluding hydrogens is 368 g/mol. The van der Waals surface area contributed by atoms with Gasteiger partial charge in [0.05, 0.1) is 6.07 Å². The molecule has 0 aliphatic rings. The number of rotatable bonds is 6. The van der Waals surface area contributed by atoms with Gasteiger partial charge < -0.3 is 9.73 Å². The minimum atomic E-state index is -0.544. The molecule has 0 radical (unpaired) electrons. The molecule has 0 fully saturated rings. The summed E-state index contributed by atoms with van der Waals surface area (Å²) in [5.74, 6) is 0.251. The Morgan fingerprint density at radius 1 is 1.60 bits per heavy atom. The molecular formula is C12H12BrClN2O3S. The van der Waals surface area contributed by atoms with E-state index in [9.17, 15) is 10.1 Å². The summed E-state index contributed by atoms with van der Waals surface area (Å²) in [7, 11) is 0. The molecule has 20 heavy (non-hydrogen) atoms. The first-order valence-corrected chi connectivity index (χ1v) is 7.94. The van der Waals surface area contributed by atoms with Crippen LogP contribution in [0.15, 0.2) is 27.1 Å². The second kappa shape index (κ2) is 6.71. The Hall–Kier alpha value is -0.890. The highest BCUT2D eigenvalue weighted by Crippen LogP contribution is 2.38. The van der Waals surface area contributed by atoms with Crippen molar-refractivity contribution < 1.29 is 9.34 Å². The number of hydrogen-bond acceptors (Lipinski definition) is 5. The van der Waals surface area contributed by atoms with Gasteiger partial charge in [0.1, 0.15) is 21.1 Å². The van der Waals surface area contributed by atoms with E-state index in [1.54, 1.807) is 6.07 Å². The average molecular weight is 380 g/mol. The summed E-state index contributed by atoms with van der Waals surface area (Å²) in [6.45, 7) is 2.82. The van der Waals surface area contributed by atoms with E-state index >= 15 is 0 Å². The first kappa shape index (κ1) is 15.5. The van der Waals surface area contributed by atoms with Crippen LogP contribution in [-0.2, 0) is 0 Å². The molecule has 108 valence electrons. The van der Waals surface area contributed by atoms with Crippen LogP contribution in [0.1, 0.15) is 30.0 Å². The Labute approximate surface area is 133 Å². The smallest absolute Gasteiger partial charge is 0.404 e. The third-order valence-corrected chi connectivity index (χ3v) is 5.16. The van der Waals surface area contributed by atoms with Crippen molar-refractivity contribution in [1.29, 1.82) is 0 Å². The quantitative estimate of drug-likeness (QED) is 0.580. The molecule has 0 aliphatic heterocycles. The molecule has 0 saturated heterocycles. The number of hydrogen-bond donors (Lipinski definition) is 1. The number of nitrogens with zero attached hydrogens (tertiary/aromatic N) is 1. The zero-order valence-corrected chi connectivity index (χ0v) is 13.7. The lowest BCUT2D eigenvalue weighted by Crippen LogP contribution is -2.21. The van der Waals surface area contributed by atoms with Crippen LogP contribution >= 0.6 is 38.9 Å². The number of halogens is 2. The van der Waals surface area contributed by atoms with E-state index in [-0.39, 0.29) is 11.9 Å². The normalized spacial score (nSPS) is 12.6. The van der Waals surface area contributed by atoms with Crippen LogP contribution in [0.5, 0.6) is 0 Å². The monoisotopic (exact) mass is 378 g/mol. The zero-order valence-electron chi connectivity index (χ0n) is 10.6. The van der Waals surface area contributed by atoms with Gasteiger partial charge in [-0.1, -0.05) is 18.5 Å². The van der Waals surface area contributed by atoms with Gasteiger partial charge >= 0.3 is 5.88 Å². The molecule has 2 aromatic rings. The van der Waals surface area contributed by atoms with Gasteiger partial charge in [0.25, 0.3) is 0 Å². The van der Waals surface area contributed by atoms with Crippen molar-refractivity contribution in [2.24, 2.45) is 0 Å². The van der Waals surface area contributed by atoms with Crippen LogP contribution < -0.4 is 5.32 Å². The van der Waals surface area contributed by atoms with Crippen LogP contribution in [0.25, 0.3) is 0 Å². The van der Waals surface area contributed by atoms with Gasteiger partial charge in [0.2, 0.25) is 0 Å². The highest BCUT2D eigenvalue weighted by Gasteiger charge is 2.23. The zero-order chi connectivity index (χ0) is 14.7. The van der Waals surface area contributed by atoms with E-state index < -0.39 is 4.92 Å². The summed E-state index contributed by atoms with van der Waals surface area (Å²) in [4.78, 5) is 11.1. The summed E-state index contributed by atoms with van der Waals surface area (Å²) in [6, 6.07) is 4.64. The maximum atomic E-state index is 10.7. The Balaban J connectivity index is 2.33. The van der Waals surface area contributed by atoms with Gasteiger partial charge in [-0.25, -0.2) is 0 Å². The molecule has 0 amide bonds. The lowest BCUT2D eigenvalue weighted by Gasteiger charge is -2.14. The minimum Gasteiger partial charge on any atom is -0.404 e. The third kappa shape index (κ3) is 3.41. The summed E-state index contributed by atoms with van der Waals surface area (Å²) in [6.07, 6.45) is 0.944. The van der Waals surface area contributed by atoms with Crippen LogP contribution in [0.4, 0.5) is 5.88 Å². The number of furan rings is 1. The van der Waals surface area contributed by atoms with Crippen molar-refractivity contribution >= 4 is 44.8 Å². The Bertz CT molecular complexity index is 594. The molecule has 0 saturated carbocycles. The van der Waals surface area contributed by atoms with Gasteiger partial charge in [-0.2, -0.15) is 0 Å². The summed E-state index contributed by atoms with van der Waals surface area (Å²) in [5.41, 5.74) is 0. The molecule has 1 unspecified atom stereocenters. The van der Waals surface area contributed by atoms with E-state index in [1.165, 1.54) is 17.4 Å². The summed E-state index contributed by atoms with van der Waals surface area (Å²) in [5, 5.41) is 14.0. The molecule has 1 atom stereocenters. The molecule has 0 spiro atoms. The molecule has 8 heteroatoms. The van der Waals surface area contributed by atoms with Crippen molar-refractivity contribution in [3.63, 3.8) is 0 Å². The van der Waals surface area contributed by atoms with Crippen LogP contribution in [0, 0.1) is 10.1 Å². The van der Waals surface area contributed by atoms with Gasteiger partial charge in [0.15, 0.2) is 0 Å². The fourth-order valence-corrected chi connectivity index (χ4v) is 3.55. The third-order valence-electron chi connectivity index (χ3n) is 2.62. The number of thiophene rings is 1. The van der Waals surface area contributed by atoms with E-state index in [0.717, 1.165) is 22.3 Å². The Morgan fingerprint density at radius 2 is 2.35 bits per heavy atom. The molecule has 1 N–H and O–H groups in total. The van der Waals surface area contributed by atoms with Gasteiger partial charge in [0, 0.05) is 9.35 Å². The molecule has 2 heterocycles. The number of nitrogens with one attached hydrogen (secondary N) is 1. The fourth-order valence-electron chi connectivity index (χ4n) is 1.73. The van der Waals surface area contributed by atoms with Crippen molar-refractivity contribution in [3.8, 4) is 0 Å². The standard InChI is InChI=1S/C12H12BrClN2O3S/c1-2-5-15-11(9-6-7(13)12(14)20-9)8-3-4-10(19-8)16(17)18/h3-4,6,11,15H,2,5H2,1H3. The van der Waals surface area contributed by atoms with E-state index in [2.05, 4.69) is 21.2 Å². The SMILES string of the molecule is CCCNC(c1ccc([N+](=O)[O-])o1)c1cc(Br)c(Cl)s1. The summed E-state index contributed by atoms with van der Waals surface area (Å²) < 4.78 is 6.75. The van der Waals surface area contributed by atoms with E-state index in [0.29, 0.717) is 10.1 Å². The van der Waals surface area contributed by atoms with Crippen LogP contribution in [0.2, 0.25) is 4.34 Å². The topological polar surface area (TPSA) is 68.3 Å². The number of nitro groups is 1. The van der Waals surface area contributed by atoms with Crippen molar-refractivity contribution in [2.45, 2.75) is 19.4 Å². The molecule has 0 aliphatic carbocycles. The second-order valence-corrected chi connectivity index (χ2v) is 6.63. The molecule has 2 aromatic heterocycles. The predicted molar refractivity (Wildman–Crippen MR) is 82.5 cm³/mol. The average Bonchev–Trinajstić information content (AvgIpc) is 2.99. The van der Waals surface area contributed by atoms with Gasteiger partial charge in [-0.3, -0.25) is 10.1 Å². The lowest BCUT2D eigenvalue weighted by atomic mass is 10.2. The largest absolute Gasteiger partial charge is 0.433 e. The Morgan fingerprint density at radius 3 is 2.85 bits per heavy atom.